The molecule has 2 nitrogen and oxygen atoms in total. The molecule has 0 aliphatic heterocycles. The van der Waals surface area contributed by atoms with E-state index in [2.05, 4.69) is 6.58 Å². The van der Waals surface area contributed by atoms with Crippen molar-refractivity contribution < 1.29 is 13.6 Å². The summed E-state index contributed by atoms with van der Waals surface area (Å²) in [6.45, 7) is 7.20. The molecule has 0 aliphatic carbocycles. The Morgan fingerprint density at radius 3 is 2.40 bits per heavy atom. The zero-order chi connectivity index (χ0) is 12.0. The molecule has 0 saturated heterocycles. The summed E-state index contributed by atoms with van der Waals surface area (Å²) in [5, 5.41) is 0. The van der Waals surface area contributed by atoms with Crippen LogP contribution in [0, 0.1) is 5.92 Å². The van der Waals surface area contributed by atoms with E-state index < -0.39 is 12.3 Å². The van der Waals surface area contributed by atoms with Gasteiger partial charge in [-0.2, -0.15) is 0 Å². The van der Waals surface area contributed by atoms with Gasteiger partial charge in [0.15, 0.2) is 0 Å². The van der Waals surface area contributed by atoms with Gasteiger partial charge in [0.05, 0.1) is 0 Å². The molecule has 1 unspecified atom stereocenters. The first-order valence-electron chi connectivity index (χ1n) is 5.05. The average Bonchev–Trinajstić information content (AvgIpc) is 2.15. The maximum Gasteiger partial charge on any atom is 0.248 e. The van der Waals surface area contributed by atoms with Crippen LogP contribution in [0.5, 0.6) is 0 Å². The molecule has 88 valence electrons. The van der Waals surface area contributed by atoms with E-state index in [1.54, 1.807) is 14.0 Å². The lowest BCUT2D eigenvalue weighted by Gasteiger charge is -2.18. The topological polar surface area (TPSA) is 20.3 Å². The van der Waals surface area contributed by atoms with Gasteiger partial charge in [-0.15, -0.1) is 0 Å². The maximum atomic E-state index is 12.1. The number of carbonyl (C=O) groups excluding carboxylic acids is 1. The fourth-order valence-electron chi connectivity index (χ4n) is 1.20. The van der Waals surface area contributed by atoms with Crippen LogP contribution in [0.25, 0.3) is 0 Å². The molecular weight excluding hydrogens is 200 g/mol. The zero-order valence-corrected chi connectivity index (χ0v) is 9.59. The molecule has 0 rings (SSSR count). The van der Waals surface area contributed by atoms with Crippen LogP contribution >= 0.6 is 0 Å². The number of rotatable bonds is 6. The standard InChI is InChI=1S/C11H19F2NO/c1-8(2)11(15)14(4)7-5-6-9(3)10(12)13/h9-10H,1,5-7H2,2-4H3. The van der Waals surface area contributed by atoms with Gasteiger partial charge in [-0.1, -0.05) is 13.5 Å². The lowest BCUT2D eigenvalue weighted by molar-refractivity contribution is -0.125. The van der Waals surface area contributed by atoms with Gasteiger partial charge in [0.2, 0.25) is 12.3 Å². The van der Waals surface area contributed by atoms with Crippen molar-refractivity contribution in [1.82, 2.24) is 4.90 Å². The van der Waals surface area contributed by atoms with Crippen LogP contribution < -0.4 is 0 Å². The van der Waals surface area contributed by atoms with E-state index in [1.165, 1.54) is 11.8 Å². The third-order valence-electron chi connectivity index (χ3n) is 2.29. The van der Waals surface area contributed by atoms with Gasteiger partial charge >= 0.3 is 0 Å². The third-order valence-corrected chi connectivity index (χ3v) is 2.29. The van der Waals surface area contributed by atoms with Gasteiger partial charge in [0.25, 0.3) is 0 Å². The van der Waals surface area contributed by atoms with Gasteiger partial charge in [0.1, 0.15) is 0 Å². The lowest BCUT2D eigenvalue weighted by Crippen LogP contribution is -2.28. The first kappa shape index (κ1) is 14.1. The average molecular weight is 219 g/mol. The van der Waals surface area contributed by atoms with Crippen LogP contribution in [0.2, 0.25) is 0 Å². The molecule has 0 bridgehead atoms. The molecule has 0 spiro atoms. The Kier molecular flexibility index (Phi) is 6.13. The fraction of sp³-hybridized carbons (Fsp3) is 0.727. The quantitative estimate of drug-likeness (QED) is 0.629. The molecule has 0 aromatic carbocycles. The Hall–Kier alpha value is -0.930. The van der Waals surface area contributed by atoms with Crippen molar-refractivity contribution in [2.45, 2.75) is 33.1 Å². The van der Waals surface area contributed by atoms with Crippen molar-refractivity contribution in [2.24, 2.45) is 5.92 Å². The van der Waals surface area contributed by atoms with Gasteiger partial charge in [-0.25, -0.2) is 8.78 Å². The molecular formula is C11H19F2NO. The molecule has 0 aromatic rings. The van der Waals surface area contributed by atoms with E-state index in [0.29, 0.717) is 25.0 Å². The summed E-state index contributed by atoms with van der Waals surface area (Å²) in [6, 6.07) is 0. The number of halogens is 2. The summed E-state index contributed by atoms with van der Waals surface area (Å²) in [5.74, 6) is -0.724. The minimum Gasteiger partial charge on any atom is -0.342 e. The Bertz CT molecular complexity index is 229. The van der Waals surface area contributed by atoms with E-state index in [-0.39, 0.29) is 5.91 Å². The molecule has 1 amide bonds. The van der Waals surface area contributed by atoms with E-state index in [1.807, 2.05) is 0 Å². The molecule has 0 aromatic heterocycles. The fourth-order valence-corrected chi connectivity index (χ4v) is 1.20. The van der Waals surface area contributed by atoms with Gasteiger partial charge in [-0.3, -0.25) is 4.79 Å². The van der Waals surface area contributed by atoms with Crippen LogP contribution in [0.1, 0.15) is 26.7 Å². The smallest absolute Gasteiger partial charge is 0.248 e. The Labute approximate surface area is 90.0 Å². The number of hydrogen-bond donors (Lipinski definition) is 0. The summed E-state index contributed by atoms with van der Waals surface area (Å²) in [6.07, 6.45) is -1.24. The molecule has 15 heavy (non-hydrogen) atoms. The van der Waals surface area contributed by atoms with Gasteiger partial charge < -0.3 is 4.90 Å². The summed E-state index contributed by atoms with van der Waals surface area (Å²) >= 11 is 0. The number of nitrogens with zero attached hydrogens (tertiary/aromatic N) is 1. The van der Waals surface area contributed by atoms with Crippen LogP contribution in [0.15, 0.2) is 12.2 Å². The van der Waals surface area contributed by atoms with Crippen molar-refractivity contribution >= 4 is 5.91 Å². The molecule has 0 N–H and O–H groups in total. The molecule has 4 heteroatoms. The van der Waals surface area contributed by atoms with Gasteiger partial charge in [0, 0.05) is 25.1 Å². The predicted octanol–water partition coefficient (Wildman–Crippen LogP) is 2.70. The first-order valence-corrected chi connectivity index (χ1v) is 5.05. The largest absolute Gasteiger partial charge is 0.342 e. The van der Waals surface area contributed by atoms with E-state index in [0.717, 1.165) is 0 Å². The molecule has 0 saturated carbocycles. The minimum absolute atomic E-state index is 0.125. The normalized spacial score (nSPS) is 12.7. The number of likely N-dealkylation sites (N-methyl/N-ethyl adjacent to an activating group) is 1. The Morgan fingerprint density at radius 2 is 2.00 bits per heavy atom. The predicted molar refractivity (Wildman–Crippen MR) is 56.9 cm³/mol. The summed E-state index contributed by atoms with van der Waals surface area (Å²) in [5.41, 5.74) is 0.472. The second kappa shape index (κ2) is 6.53. The second-order valence-corrected chi connectivity index (χ2v) is 3.96. The highest BCUT2D eigenvalue weighted by atomic mass is 19.3. The van der Waals surface area contributed by atoms with Crippen LogP contribution in [-0.2, 0) is 4.79 Å². The molecule has 0 heterocycles. The van der Waals surface area contributed by atoms with Gasteiger partial charge in [-0.05, 0) is 19.8 Å². The lowest BCUT2D eigenvalue weighted by atomic mass is 10.1. The summed E-state index contributed by atoms with van der Waals surface area (Å²) in [7, 11) is 1.66. The van der Waals surface area contributed by atoms with Crippen molar-refractivity contribution in [2.75, 3.05) is 13.6 Å². The van der Waals surface area contributed by atoms with E-state index >= 15 is 0 Å². The maximum absolute atomic E-state index is 12.1. The van der Waals surface area contributed by atoms with Crippen molar-refractivity contribution in [1.29, 1.82) is 0 Å². The van der Waals surface area contributed by atoms with Crippen LogP contribution in [-0.4, -0.2) is 30.8 Å². The molecule has 0 aliphatic rings. The zero-order valence-electron chi connectivity index (χ0n) is 9.59. The van der Waals surface area contributed by atoms with Crippen LogP contribution in [0.4, 0.5) is 8.78 Å². The highest BCUT2D eigenvalue weighted by Gasteiger charge is 2.15. The monoisotopic (exact) mass is 219 g/mol. The highest BCUT2D eigenvalue weighted by Crippen LogP contribution is 2.15. The minimum atomic E-state index is -2.27. The summed E-state index contributed by atoms with van der Waals surface area (Å²) < 4.78 is 24.3. The molecule has 0 radical (unpaired) electrons. The van der Waals surface area contributed by atoms with E-state index in [4.69, 9.17) is 0 Å². The number of amides is 1. The van der Waals surface area contributed by atoms with Crippen molar-refractivity contribution in [3.05, 3.63) is 12.2 Å². The Balaban J connectivity index is 3.77. The van der Waals surface area contributed by atoms with Crippen LogP contribution in [0.3, 0.4) is 0 Å². The first-order chi connectivity index (χ1) is 6.86. The van der Waals surface area contributed by atoms with E-state index in [9.17, 15) is 13.6 Å². The highest BCUT2D eigenvalue weighted by molar-refractivity contribution is 5.91. The number of carbonyl (C=O) groups is 1. The SMILES string of the molecule is C=C(C)C(=O)N(C)CCCC(C)C(F)F. The number of alkyl halides is 2. The third kappa shape index (κ3) is 5.50. The second-order valence-electron chi connectivity index (χ2n) is 3.96. The number of hydrogen-bond acceptors (Lipinski definition) is 1. The van der Waals surface area contributed by atoms with Crippen molar-refractivity contribution in [3.8, 4) is 0 Å². The summed E-state index contributed by atoms with van der Waals surface area (Å²) in [4.78, 5) is 12.8. The molecule has 1 atom stereocenters. The molecule has 0 fully saturated rings. The van der Waals surface area contributed by atoms with Crippen molar-refractivity contribution in [3.63, 3.8) is 0 Å². The Morgan fingerprint density at radius 1 is 1.47 bits per heavy atom.